The maximum absolute atomic E-state index is 12.3. The SMILES string of the molecule is C=C1CC[C@H](O)CC1=CC=C1CCC[C@]2(C)[C@@H]([C@H](C)C=C[C@@H](O)C3(C(=O)CC)CC3)CC[C@@H]12. The van der Waals surface area contributed by atoms with E-state index in [-0.39, 0.29) is 17.3 Å². The molecule has 0 unspecified atom stereocenters. The summed E-state index contributed by atoms with van der Waals surface area (Å²) in [5.41, 5.74) is 3.79. The van der Waals surface area contributed by atoms with Crippen LogP contribution in [0.5, 0.6) is 0 Å². The van der Waals surface area contributed by atoms with Gasteiger partial charge in [0.1, 0.15) is 5.78 Å². The summed E-state index contributed by atoms with van der Waals surface area (Å²) in [6.07, 6.45) is 18.7. The van der Waals surface area contributed by atoms with Gasteiger partial charge in [0, 0.05) is 6.42 Å². The van der Waals surface area contributed by atoms with Crippen molar-refractivity contribution in [3.05, 3.63) is 47.6 Å². The molecule has 0 aromatic carbocycles. The van der Waals surface area contributed by atoms with Crippen molar-refractivity contribution in [3.8, 4) is 0 Å². The first-order valence-corrected chi connectivity index (χ1v) is 13.4. The van der Waals surface area contributed by atoms with Gasteiger partial charge in [-0.05, 0) is 93.0 Å². The van der Waals surface area contributed by atoms with E-state index in [0.717, 1.165) is 32.1 Å². The second-order valence-corrected chi connectivity index (χ2v) is 11.7. The third kappa shape index (κ3) is 4.73. The van der Waals surface area contributed by atoms with Crippen LogP contribution in [-0.2, 0) is 4.79 Å². The first-order valence-electron chi connectivity index (χ1n) is 13.4. The summed E-state index contributed by atoms with van der Waals surface area (Å²) in [5, 5.41) is 20.8. The van der Waals surface area contributed by atoms with Gasteiger partial charge in [-0.3, -0.25) is 4.79 Å². The van der Waals surface area contributed by atoms with Crippen LogP contribution in [0.1, 0.15) is 91.4 Å². The third-order valence-electron chi connectivity index (χ3n) is 9.69. The summed E-state index contributed by atoms with van der Waals surface area (Å²) in [6.45, 7) is 10.9. The number of carbonyl (C=O) groups is 1. The van der Waals surface area contributed by atoms with Crippen molar-refractivity contribution < 1.29 is 15.0 Å². The highest BCUT2D eigenvalue weighted by molar-refractivity contribution is 5.88. The highest BCUT2D eigenvalue weighted by Crippen LogP contribution is 2.59. The predicted octanol–water partition coefficient (Wildman–Crippen LogP) is 6.47. The molecule has 182 valence electrons. The second-order valence-electron chi connectivity index (χ2n) is 11.7. The van der Waals surface area contributed by atoms with E-state index in [4.69, 9.17) is 0 Å². The van der Waals surface area contributed by atoms with Gasteiger partial charge in [0.25, 0.3) is 0 Å². The zero-order valence-electron chi connectivity index (χ0n) is 21.0. The summed E-state index contributed by atoms with van der Waals surface area (Å²) < 4.78 is 0. The topological polar surface area (TPSA) is 57.5 Å². The Kier molecular flexibility index (Phi) is 7.22. The molecule has 2 N–H and O–H groups in total. The van der Waals surface area contributed by atoms with Gasteiger partial charge < -0.3 is 10.2 Å². The molecule has 4 fully saturated rings. The molecule has 3 heteroatoms. The van der Waals surface area contributed by atoms with Gasteiger partial charge in [-0.1, -0.05) is 62.8 Å². The lowest BCUT2D eigenvalue weighted by atomic mass is 9.61. The number of Topliss-reactive ketones (excluding diaryl/α,β-unsaturated/α-hetero) is 1. The molecule has 3 nitrogen and oxygen atoms in total. The molecule has 4 rings (SSSR count). The summed E-state index contributed by atoms with van der Waals surface area (Å²) in [6, 6.07) is 0. The van der Waals surface area contributed by atoms with E-state index in [1.807, 2.05) is 13.0 Å². The number of aliphatic hydroxyl groups is 2. The fourth-order valence-electron chi connectivity index (χ4n) is 7.36. The fourth-order valence-corrected chi connectivity index (χ4v) is 7.36. The largest absolute Gasteiger partial charge is 0.393 e. The van der Waals surface area contributed by atoms with Crippen molar-refractivity contribution in [2.45, 2.75) is 104 Å². The minimum atomic E-state index is -0.634. The molecule has 0 bridgehead atoms. The Morgan fingerprint density at radius 1 is 1.15 bits per heavy atom. The lowest BCUT2D eigenvalue weighted by Gasteiger charge is -2.44. The predicted molar refractivity (Wildman–Crippen MR) is 135 cm³/mol. The smallest absolute Gasteiger partial charge is 0.141 e. The Labute approximate surface area is 200 Å². The Bertz CT molecular complexity index is 858. The van der Waals surface area contributed by atoms with Crippen LogP contribution in [0.4, 0.5) is 0 Å². The summed E-state index contributed by atoms with van der Waals surface area (Å²) in [4.78, 5) is 12.3. The van der Waals surface area contributed by atoms with Crippen LogP contribution in [0.15, 0.2) is 47.6 Å². The van der Waals surface area contributed by atoms with Gasteiger partial charge in [-0.15, -0.1) is 0 Å². The Morgan fingerprint density at radius 3 is 2.61 bits per heavy atom. The van der Waals surface area contributed by atoms with E-state index in [1.165, 1.54) is 43.3 Å². The normalized spacial score (nSPS) is 38.0. The van der Waals surface area contributed by atoms with Crippen LogP contribution in [0.2, 0.25) is 0 Å². The van der Waals surface area contributed by atoms with E-state index in [0.29, 0.717) is 24.2 Å². The minimum absolute atomic E-state index is 0.213. The van der Waals surface area contributed by atoms with Gasteiger partial charge in [0.2, 0.25) is 0 Å². The van der Waals surface area contributed by atoms with Crippen molar-refractivity contribution in [2.24, 2.45) is 28.6 Å². The van der Waals surface area contributed by atoms with Crippen molar-refractivity contribution in [3.63, 3.8) is 0 Å². The highest BCUT2D eigenvalue weighted by Gasteiger charge is 2.53. The number of hydrogen-bond donors (Lipinski definition) is 2. The fraction of sp³-hybridized carbons (Fsp3) is 0.700. The molecule has 0 radical (unpaired) electrons. The monoisotopic (exact) mass is 452 g/mol. The molecule has 33 heavy (non-hydrogen) atoms. The van der Waals surface area contributed by atoms with Crippen LogP contribution in [0, 0.1) is 28.6 Å². The molecule has 0 saturated heterocycles. The maximum Gasteiger partial charge on any atom is 0.141 e. The van der Waals surface area contributed by atoms with Crippen LogP contribution >= 0.6 is 0 Å². The molecular weight excluding hydrogens is 408 g/mol. The van der Waals surface area contributed by atoms with Gasteiger partial charge >= 0.3 is 0 Å². The quantitative estimate of drug-likeness (QED) is 0.435. The number of allylic oxidation sites excluding steroid dienone is 5. The van der Waals surface area contributed by atoms with E-state index in [1.54, 1.807) is 5.57 Å². The summed E-state index contributed by atoms with van der Waals surface area (Å²) in [5.74, 6) is 1.83. The van der Waals surface area contributed by atoms with Gasteiger partial charge in [0.15, 0.2) is 0 Å². The van der Waals surface area contributed by atoms with Crippen LogP contribution in [0.3, 0.4) is 0 Å². The number of fused-ring (bicyclic) bond motifs is 1. The van der Waals surface area contributed by atoms with Gasteiger partial charge in [0.05, 0.1) is 17.6 Å². The number of hydrogen-bond acceptors (Lipinski definition) is 3. The van der Waals surface area contributed by atoms with E-state index >= 15 is 0 Å². The molecule has 4 saturated carbocycles. The van der Waals surface area contributed by atoms with E-state index < -0.39 is 11.5 Å². The van der Waals surface area contributed by atoms with Crippen LogP contribution < -0.4 is 0 Å². The van der Waals surface area contributed by atoms with Gasteiger partial charge in [-0.2, -0.15) is 0 Å². The molecule has 0 heterocycles. The molecule has 4 aliphatic rings. The number of carbonyl (C=O) groups excluding carboxylic acids is 1. The Balaban J connectivity index is 1.46. The van der Waals surface area contributed by atoms with Crippen LogP contribution in [-0.4, -0.2) is 28.2 Å². The molecule has 0 aromatic rings. The molecular formula is C30H44O3. The molecule has 0 aliphatic heterocycles. The standard InChI is InChI=1S/C30H44O3/c1-5-27(32)30(17-18-30)28(33)15-9-21(3)25-13-14-26-22(7-6-16-29(25,26)4)10-11-23-19-24(31)12-8-20(23)2/h9-11,15,21,24-26,28,31,33H,2,5-8,12-14,16-19H2,1,3-4H3/t21-,24+,25-,26+,28-,29-/m1/s1. The minimum Gasteiger partial charge on any atom is -0.393 e. The summed E-state index contributed by atoms with van der Waals surface area (Å²) >= 11 is 0. The Hall–Kier alpha value is -1.45. The first kappa shape index (κ1) is 24.7. The van der Waals surface area contributed by atoms with Gasteiger partial charge in [-0.25, -0.2) is 0 Å². The number of aliphatic hydroxyl groups excluding tert-OH is 2. The maximum atomic E-state index is 12.3. The zero-order valence-corrected chi connectivity index (χ0v) is 21.0. The molecule has 4 aliphatic carbocycles. The summed E-state index contributed by atoms with van der Waals surface area (Å²) in [7, 11) is 0. The number of ketones is 1. The molecule has 0 aromatic heterocycles. The third-order valence-corrected chi connectivity index (χ3v) is 9.69. The van der Waals surface area contributed by atoms with Crippen molar-refractivity contribution in [1.82, 2.24) is 0 Å². The Morgan fingerprint density at radius 2 is 1.91 bits per heavy atom. The molecule has 0 amide bonds. The average molecular weight is 453 g/mol. The average Bonchev–Trinajstić information content (AvgIpc) is 3.53. The molecule has 0 spiro atoms. The van der Waals surface area contributed by atoms with Crippen molar-refractivity contribution in [1.29, 1.82) is 0 Å². The van der Waals surface area contributed by atoms with Crippen molar-refractivity contribution in [2.75, 3.05) is 0 Å². The number of rotatable bonds is 7. The lowest BCUT2D eigenvalue weighted by Crippen LogP contribution is -2.35. The van der Waals surface area contributed by atoms with E-state index in [2.05, 4.69) is 38.7 Å². The molecule has 6 atom stereocenters. The highest BCUT2D eigenvalue weighted by atomic mass is 16.3. The van der Waals surface area contributed by atoms with Crippen LogP contribution in [0.25, 0.3) is 0 Å². The van der Waals surface area contributed by atoms with E-state index in [9.17, 15) is 15.0 Å². The second kappa shape index (κ2) is 9.66. The van der Waals surface area contributed by atoms with Crippen molar-refractivity contribution >= 4 is 5.78 Å². The zero-order chi connectivity index (χ0) is 23.8. The lowest BCUT2D eigenvalue weighted by molar-refractivity contribution is -0.126. The first-order chi connectivity index (χ1) is 15.7.